The van der Waals surface area contributed by atoms with Crippen molar-refractivity contribution in [3.8, 4) is 5.69 Å². The molecule has 122 valence electrons. The Balaban J connectivity index is 1.81. The van der Waals surface area contributed by atoms with E-state index in [-0.39, 0.29) is 5.91 Å². The summed E-state index contributed by atoms with van der Waals surface area (Å²) in [6, 6.07) is 15.5. The summed E-state index contributed by atoms with van der Waals surface area (Å²) in [5, 5.41) is 11.0. The minimum atomic E-state index is -0.264. The molecule has 0 radical (unpaired) electrons. The molecular weight excluding hydrogens is 368 g/mol. The number of anilines is 1. The zero-order valence-corrected chi connectivity index (χ0v) is 15.0. The Kier molecular flexibility index (Phi) is 4.76. The van der Waals surface area contributed by atoms with Crippen LogP contribution in [0.3, 0.4) is 0 Å². The molecule has 24 heavy (non-hydrogen) atoms. The number of amides is 1. The average Bonchev–Trinajstić information content (AvgIpc) is 2.98. The van der Waals surface area contributed by atoms with Crippen molar-refractivity contribution in [1.29, 1.82) is 0 Å². The number of benzene rings is 2. The molecule has 0 saturated heterocycles. The third-order valence-corrected chi connectivity index (χ3v) is 4.33. The number of halogens is 1. The van der Waals surface area contributed by atoms with Crippen LogP contribution in [0.4, 0.5) is 5.69 Å². The summed E-state index contributed by atoms with van der Waals surface area (Å²) in [5.41, 5.74) is 3.84. The second kappa shape index (κ2) is 6.97. The van der Waals surface area contributed by atoms with Gasteiger partial charge in [-0.15, -0.1) is 5.10 Å². The van der Waals surface area contributed by atoms with Crippen LogP contribution in [0.2, 0.25) is 0 Å². The number of carbonyl (C=O) groups excluding carboxylic acids is 1. The van der Waals surface area contributed by atoms with Crippen LogP contribution < -0.4 is 5.32 Å². The highest BCUT2D eigenvalue weighted by Crippen LogP contribution is 2.17. The lowest BCUT2D eigenvalue weighted by atomic mass is 10.1. The molecule has 0 saturated carbocycles. The standard InChI is InChI=1S/C18H17BrN4O/c1-3-13-4-8-15(9-5-13)20-18(24)17-12(2)23(22-21-17)16-10-6-14(19)7-11-16/h4-11H,3H2,1-2H3,(H,20,24). The minimum absolute atomic E-state index is 0.264. The van der Waals surface area contributed by atoms with E-state index >= 15 is 0 Å². The maximum absolute atomic E-state index is 12.5. The molecule has 3 rings (SSSR count). The fourth-order valence-electron chi connectivity index (χ4n) is 2.38. The highest BCUT2D eigenvalue weighted by Gasteiger charge is 2.17. The molecule has 5 nitrogen and oxygen atoms in total. The maximum Gasteiger partial charge on any atom is 0.278 e. The predicted octanol–water partition coefficient (Wildman–Crippen LogP) is 4.15. The molecule has 6 heteroatoms. The lowest BCUT2D eigenvalue weighted by molar-refractivity contribution is 0.102. The number of aryl methyl sites for hydroxylation is 1. The SMILES string of the molecule is CCc1ccc(NC(=O)c2nnn(-c3ccc(Br)cc3)c2C)cc1. The number of aromatic nitrogens is 3. The Morgan fingerprint density at radius 1 is 1.12 bits per heavy atom. The first kappa shape index (κ1) is 16.4. The topological polar surface area (TPSA) is 59.8 Å². The summed E-state index contributed by atoms with van der Waals surface area (Å²) in [4.78, 5) is 12.5. The second-order valence-corrected chi connectivity index (χ2v) is 6.33. The first-order valence-electron chi connectivity index (χ1n) is 7.67. The van der Waals surface area contributed by atoms with Crippen LogP contribution in [0.5, 0.6) is 0 Å². The van der Waals surface area contributed by atoms with E-state index in [1.54, 1.807) is 4.68 Å². The van der Waals surface area contributed by atoms with Gasteiger partial charge in [0.05, 0.1) is 11.4 Å². The molecule has 0 spiro atoms. The van der Waals surface area contributed by atoms with Gasteiger partial charge in [0.1, 0.15) is 0 Å². The van der Waals surface area contributed by atoms with Crippen LogP contribution in [0, 0.1) is 6.92 Å². The van der Waals surface area contributed by atoms with Crippen molar-refractivity contribution in [2.75, 3.05) is 5.32 Å². The number of hydrogen-bond acceptors (Lipinski definition) is 3. The van der Waals surface area contributed by atoms with Gasteiger partial charge in [-0.25, -0.2) is 4.68 Å². The molecule has 0 bridgehead atoms. The van der Waals surface area contributed by atoms with Crippen molar-refractivity contribution >= 4 is 27.5 Å². The smallest absolute Gasteiger partial charge is 0.278 e. The van der Waals surface area contributed by atoms with E-state index in [0.29, 0.717) is 11.4 Å². The van der Waals surface area contributed by atoms with Gasteiger partial charge in [0.25, 0.3) is 5.91 Å². The van der Waals surface area contributed by atoms with Gasteiger partial charge in [-0.1, -0.05) is 40.2 Å². The highest BCUT2D eigenvalue weighted by atomic mass is 79.9. The van der Waals surface area contributed by atoms with Crippen LogP contribution in [-0.2, 0) is 6.42 Å². The second-order valence-electron chi connectivity index (χ2n) is 5.42. The van der Waals surface area contributed by atoms with E-state index in [4.69, 9.17) is 0 Å². The van der Waals surface area contributed by atoms with Crippen LogP contribution >= 0.6 is 15.9 Å². The quantitative estimate of drug-likeness (QED) is 0.734. The van der Waals surface area contributed by atoms with Crippen molar-refractivity contribution < 1.29 is 4.79 Å². The van der Waals surface area contributed by atoms with Gasteiger partial charge >= 0.3 is 0 Å². The fourth-order valence-corrected chi connectivity index (χ4v) is 2.64. The van der Waals surface area contributed by atoms with E-state index in [1.807, 2.05) is 55.5 Å². The third-order valence-electron chi connectivity index (χ3n) is 3.80. The first-order valence-corrected chi connectivity index (χ1v) is 8.46. The van der Waals surface area contributed by atoms with Gasteiger partial charge in [-0.05, 0) is 55.3 Å². The minimum Gasteiger partial charge on any atom is -0.321 e. The molecule has 1 amide bonds. The normalized spacial score (nSPS) is 10.6. The predicted molar refractivity (Wildman–Crippen MR) is 97.6 cm³/mol. The molecule has 2 aromatic carbocycles. The Morgan fingerprint density at radius 3 is 2.42 bits per heavy atom. The molecule has 1 aromatic heterocycles. The molecule has 0 unspecified atom stereocenters. The molecule has 1 N–H and O–H groups in total. The van der Waals surface area contributed by atoms with Crippen molar-refractivity contribution in [2.24, 2.45) is 0 Å². The van der Waals surface area contributed by atoms with Crippen molar-refractivity contribution in [3.05, 3.63) is 70.0 Å². The summed E-state index contributed by atoms with van der Waals surface area (Å²) in [6.45, 7) is 3.93. The van der Waals surface area contributed by atoms with E-state index in [2.05, 4.69) is 38.5 Å². The van der Waals surface area contributed by atoms with E-state index in [0.717, 1.165) is 22.3 Å². The number of nitrogens with one attached hydrogen (secondary N) is 1. The fraction of sp³-hybridized carbons (Fsp3) is 0.167. The van der Waals surface area contributed by atoms with Gasteiger partial charge in [0.2, 0.25) is 0 Å². The molecule has 3 aromatic rings. The monoisotopic (exact) mass is 384 g/mol. The van der Waals surface area contributed by atoms with Gasteiger partial charge in [-0.3, -0.25) is 4.79 Å². The molecule has 0 atom stereocenters. The number of hydrogen-bond donors (Lipinski definition) is 1. The molecule has 0 aliphatic rings. The molecule has 1 heterocycles. The van der Waals surface area contributed by atoms with Crippen LogP contribution in [0.15, 0.2) is 53.0 Å². The maximum atomic E-state index is 12.5. The van der Waals surface area contributed by atoms with Crippen LogP contribution in [-0.4, -0.2) is 20.9 Å². The Bertz CT molecular complexity index is 854. The van der Waals surface area contributed by atoms with Gasteiger partial charge < -0.3 is 5.32 Å². The van der Waals surface area contributed by atoms with E-state index < -0.39 is 0 Å². The first-order chi connectivity index (χ1) is 11.6. The Hall–Kier alpha value is -2.47. The summed E-state index contributed by atoms with van der Waals surface area (Å²) < 4.78 is 2.64. The Morgan fingerprint density at radius 2 is 1.79 bits per heavy atom. The number of nitrogens with zero attached hydrogens (tertiary/aromatic N) is 3. The molecule has 0 fully saturated rings. The van der Waals surface area contributed by atoms with Crippen molar-refractivity contribution in [1.82, 2.24) is 15.0 Å². The summed E-state index contributed by atoms with van der Waals surface area (Å²) in [5.74, 6) is -0.264. The number of rotatable bonds is 4. The van der Waals surface area contributed by atoms with Crippen LogP contribution in [0.1, 0.15) is 28.7 Å². The van der Waals surface area contributed by atoms with E-state index in [1.165, 1.54) is 5.56 Å². The zero-order chi connectivity index (χ0) is 17.1. The summed E-state index contributed by atoms with van der Waals surface area (Å²) in [6.07, 6.45) is 0.967. The molecular formula is C18H17BrN4O. The molecule has 0 aliphatic heterocycles. The van der Waals surface area contributed by atoms with Gasteiger partial charge in [0, 0.05) is 10.2 Å². The third kappa shape index (κ3) is 3.38. The van der Waals surface area contributed by atoms with Crippen LogP contribution in [0.25, 0.3) is 5.69 Å². The van der Waals surface area contributed by atoms with Gasteiger partial charge in [0.15, 0.2) is 5.69 Å². The lowest BCUT2D eigenvalue weighted by Gasteiger charge is -2.06. The van der Waals surface area contributed by atoms with Gasteiger partial charge in [-0.2, -0.15) is 0 Å². The average molecular weight is 385 g/mol. The highest BCUT2D eigenvalue weighted by molar-refractivity contribution is 9.10. The zero-order valence-electron chi connectivity index (χ0n) is 13.5. The lowest BCUT2D eigenvalue weighted by Crippen LogP contribution is -2.14. The van der Waals surface area contributed by atoms with Crippen molar-refractivity contribution in [3.63, 3.8) is 0 Å². The van der Waals surface area contributed by atoms with Crippen molar-refractivity contribution in [2.45, 2.75) is 20.3 Å². The largest absolute Gasteiger partial charge is 0.321 e. The van der Waals surface area contributed by atoms with E-state index in [9.17, 15) is 4.79 Å². The Labute approximate surface area is 148 Å². The summed E-state index contributed by atoms with van der Waals surface area (Å²) >= 11 is 3.40. The number of carbonyl (C=O) groups is 1. The summed E-state index contributed by atoms with van der Waals surface area (Å²) in [7, 11) is 0. The molecule has 0 aliphatic carbocycles.